The van der Waals surface area contributed by atoms with Gasteiger partial charge in [0, 0.05) is 18.3 Å². The van der Waals surface area contributed by atoms with Gasteiger partial charge in [-0.15, -0.1) is 0 Å². The van der Waals surface area contributed by atoms with E-state index in [1.54, 1.807) is 13.1 Å². The monoisotopic (exact) mass is 313 g/mol. The second-order valence-electron chi connectivity index (χ2n) is 4.90. The Labute approximate surface area is 135 Å². The Balaban J connectivity index is 2.26. The van der Waals surface area contributed by atoms with Crippen LogP contribution in [0.15, 0.2) is 42.6 Å². The number of carbonyl (C=O) groups excluding carboxylic acids is 1. The molecule has 1 amide bonds. The predicted octanol–water partition coefficient (Wildman–Crippen LogP) is 3.63. The van der Waals surface area contributed by atoms with Gasteiger partial charge in [-0.3, -0.25) is 9.78 Å². The Morgan fingerprint density at radius 3 is 2.59 bits per heavy atom. The minimum Gasteiger partial charge on any atom is -0.320 e. The second kappa shape index (κ2) is 7.06. The van der Waals surface area contributed by atoms with Crippen LogP contribution < -0.4 is 0 Å². The van der Waals surface area contributed by atoms with Gasteiger partial charge < -0.3 is 4.90 Å². The summed E-state index contributed by atoms with van der Waals surface area (Å²) >= 11 is 5.88. The largest absolute Gasteiger partial charge is 0.320 e. The summed E-state index contributed by atoms with van der Waals surface area (Å²) in [6, 6.07) is 12.3. The molecule has 112 valence electrons. The zero-order chi connectivity index (χ0) is 16.1. The molecule has 0 aliphatic heterocycles. The first-order chi connectivity index (χ1) is 10.6. The van der Waals surface area contributed by atoms with Crippen LogP contribution in [0.3, 0.4) is 0 Å². The maximum atomic E-state index is 12.4. The van der Waals surface area contributed by atoms with Crippen LogP contribution in [-0.4, -0.2) is 22.8 Å². The Bertz CT molecular complexity index is 707. The molecule has 0 aliphatic rings. The minimum absolute atomic E-state index is 0.223. The van der Waals surface area contributed by atoms with Crippen LogP contribution in [0.25, 0.3) is 0 Å². The number of benzene rings is 1. The third-order valence-electron chi connectivity index (χ3n) is 3.47. The van der Waals surface area contributed by atoms with Crippen LogP contribution in [0.2, 0.25) is 5.02 Å². The van der Waals surface area contributed by atoms with Gasteiger partial charge in [-0.05, 0) is 29.7 Å². The normalized spacial score (nSPS) is 11.5. The maximum Gasteiger partial charge on any atom is 0.273 e. The Morgan fingerprint density at radius 2 is 2.05 bits per heavy atom. The number of nitriles is 1. The van der Waals surface area contributed by atoms with E-state index in [9.17, 15) is 10.1 Å². The number of amides is 1. The highest BCUT2D eigenvalue weighted by atomic mass is 35.5. The summed E-state index contributed by atoms with van der Waals surface area (Å²) in [7, 11) is 1.59. The summed E-state index contributed by atoms with van der Waals surface area (Å²) in [5.41, 5.74) is 2.18. The molecule has 1 atom stereocenters. The Hall–Kier alpha value is -2.38. The van der Waals surface area contributed by atoms with E-state index >= 15 is 0 Å². The zero-order valence-corrected chi connectivity index (χ0v) is 13.2. The molecule has 0 radical (unpaired) electrons. The summed E-state index contributed by atoms with van der Waals surface area (Å²) in [5.74, 6) is -0.339. The molecule has 0 bridgehead atoms. The molecular weight excluding hydrogens is 298 g/mol. The molecule has 0 saturated carbocycles. The molecule has 5 heteroatoms. The van der Waals surface area contributed by atoms with Crippen molar-refractivity contribution >= 4 is 17.5 Å². The van der Waals surface area contributed by atoms with Crippen LogP contribution in [0.1, 0.15) is 34.6 Å². The fourth-order valence-electron chi connectivity index (χ4n) is 2.14. The molecule has 1 aromatic heterocycles. The van der Waals surface area contributed by atoms with Gasteiger partial charge in [-0.1, -0.05) is 42.8 Å². The van der Waals surface area contributed by atoms with Gasteiger partial charge in [-0.25, -0.2) is 0 Å². The third kappa shape index (κ3) is 3.44. The topological polar surface area (TPSA) is 57.0 Å². The minimum atomic E-state index is -0.667. The van der Waals surface area contributed by atoms with Crippen molar-refractivity contribution in [3.05, 3.63) is 64.4 Å². The van der Waals surface area contributed by atoms with E-state index in [1.165, 1.54) is 22.7 Å². The van der Waals surface area contributed by atoms with E-state index in [2.05, 4.69) is 18.0 Å². The van der Waals surface area contributed by atoms with E-state index in [-0.39, 0.29) is 11.6 Å². The average molecular weight is 314 g/mol. The van der Waals surface area contributed by atoms with Crippen LogP contribution in [0.4, 0.5) is 0 Å². The Morgan fingerprint density at radius 1 is 1.36 bits per heavy atom. The molecule has 1 heterocycles. The molecule has 0 fully saturated rings. The number of aromatic nitrogens is 1. The summed E-state index contributed by atoms with van der Waals surface area (Å²) in [4.78, 5) is 17.8. The number of nitrogens with zero attached hydrogens (tertiary/aromatic N) is 3. The van der Waals surface area contributed by atoms with Gasteiger partial charge in [0.25, 0.3) is 5.91 Å². The van der Waals surface area contributed by atoms with Crippen molar-refractivity contribution < 1.29 is 4.79 Å². The number of carbonyl (C=O) groups is 1. The second-order valence-corrected chi connectivity index (χ2v) is 5.34. The van der Waals surface area contributed by atoms with Crippen molar-refractivity contribution in [3.63, 3.8) is 0 Å². The molecule has 4 nitrogen and oxygen atoms in total. The maximum absolute atomic E-state index is 12.4. The standard InChI is InChI=1S/C17H16ClN3O/c1-3-12-4-6-13(7-5-12)16(11-19)21(2)17(22)15-10-14(18)8-9-20-15/h4-10,16H,3H2,1-2H3/t16-/m1/s1. The molecule has 0 saturated heterocycles. The highest BCUT2D eigenvalue weighted by Crippen LogP contribution is 2.21. The van der Waals surface area contributed by atoms with E-state index in [4.69, 9.17) is 11.6 Å². The van der Waals surface area contributed by atoms with Crippen molar-refractivity contribution in [2.24, 2.45) is 0 Å². The van der Waals surface area contributed by atoms with Gasteiger partial charge >= 0.3 is 0 Å². The first kappa shape index (κ1) is 16.0. The molecule has 2 rings (SSSR count). The summed E-state index contributed by atoms with van der Waals surface area (Å²) in [6.45, 7) is 2.07. The van der Waals surface area contributed by atoms with E-state index < -0.39 is 6.04 Å². The molecular formula is C17H16ClN3O. The van der Waals surface area contributed by atoms with Crippen LogP contribution in [0.5, 0.6) is 0 Å². The lowest BCUT2D eigenvalue weighted by atomic mass is 10.0. The predicted molar refractivity (Wildman–Crippen MR) is 85.5 cm³/mol. The first-order valence-electron chi connectivity index (χ1n) is 6.94. The number of halogens is 1. The van der Waals surface area contributed by atoms with Crippen molar-refractivity contribution in [3.8, 4) is 6.07 Å². The fraction of sp³-hybridized carbons (Fsp3) is 0.235. The van der Waals surface area contributed by atoms with Crippen LogP contribution >= 0.6 is 11.6 Å². The smallest absolute Gasteiger partial charge is 0.273 e. The molecule has 1 aromatic carbocycles. The first-order valence-corrected chi connectivity index (χ1v) is 7.31. The quantitative estimate of drug-likeness (QED) is 0.866. The highest BCUT2D eigenvalue weighted by molar-refractivity contribution is 6.30. The third-order valence-corrected chi connectivity index (χ3v) is 3.71. The number of aryl methyl sites for hydroxylation is 1. The fourth-order valence-corrected chi connectivity index (χ4v) is 2.30. The summed E-state index contributed by atoms with van der Waals surface area (Å²) < 4.78 is 0. The van der Waals surface area contributed by atoms with Gasteiger partial charge in [0.2, 0.25) is 0 Å². The summed E-state index contributed by atoms with van der Waals surface area (Å²) in [6.07, 6.45) is 2.40. The van der Waals surface area contributed by atoms with E-state index in [0.717, 1.165) is 12.0 Å². The van der Waals surface area contributed by atoms with E-state index in [0.29, 0.717) is 5.02 Å². The average Bonchev–Trinajstić information content (AvgIpc) is 2.55. The number of pyridine rings is 1. The number of hydrogen-bond acceptors (Lipinski definition) is 3. The van der Waals surface area contributed by atoms with Crippen molar-refractivity contribution in [1.82, 2.24) is 9.88 Å². The molecule has 2 aromatic rings. The molecule has 0 spiro atoms. The molecule has 0 unspecified atom stereocenters. The van der Waals surface area contributed by atoms with Crippen molar-refractivity contribution in [1.29, 1.82) is 5.26 Å². The van der Waals surface area contributed by atoms with Gasteiger partial charge in [-0.2, -0.15) is 5.26 Å². The van der Waals surface area contributed by atoms with Crippen molar-refractivity contribution in [2.45, 2.75) is 19.4 Å². The lowest BCUT2D eigenvalue weighted by Gasteiger charge is -2.23. The summed E-state index contributed by atoms with van der Waals surface area (Å²) in [5, 5.41) is 9.87. The molecule has 0 aliphatic carbocycles. The van der Waals surface area contributed by atoms with Crippen LogP contribution in [-0.2, 0) is 6.42 Å². The van der Waals surface area contributed by atoms with Gasteiger partial charge in [0.1, 0.15) is 11.7 Å². The number of hydrogen-bond donors (Lipinski definition) is 0. The SMILES string of the molecule is CCc1ccc([C@@H](C#N)N(C)C(=O)c2cc(Cl)ccn2)cc1. The van der Waals surface area contributed by atoms with Gasteiger partial charge in [0.15, 0.2) is 0 Å². The lowest BCUT2D eigenvalue weighted by molar-refractivity contribution is 0.0757. The van der Waals surface area contributed by atoms with E-state index in [1.807, 2.05) is 24.3 Å². The Kier molecular flexibility index (Phi) is 5.13. The van der Waals surface area contributed by atoms with Crippen LogP contribution in [0, 0.1) is 11.3 Å². The van der Waals surface area contributed by atoms with Crippen molar-refractivity contribution in [2.75, 3.05) is 7.05 Å². The number of rotatable bonds is 4. The molecule has 0 N–H and O–H groups in total. The molecule has 22 heavy (non-hydrogen) atoms. The van der Waals surface area contributed by atoms with Gasteiger partial charge in [0.05, 0.1) is 6.07 Å². The highest BCUT2D eigenvalue weighted by Gasteiger charge is 2.23. The zero-order valence-electron chi connectivity index (χ0n) is 12.5. The lowest BCUT2D eigenvalue weighted by Crippen LogP contribution is -2.31.